The second kappa shape index (κ2) is 6.66. The first-order valence-electron chi connectivity index (χ1n) is 5.46. The van der Waals surface area contributed by atoms with Crippen molar-refractivity contribution in [1.29, 1.82) is 0 Å². The first kappa shape index (κ1) is 12.4. The van der Waals surface area contributed by atoms with Crippen molar-refractivity contribution in [2.75, 3.05) is 11.0 Å². The fourth-order valence-electron chi connectivity index (χ4n) is 1.27. The van der Waals surface area contributed by atoms with Crippen LogP contribution in [0, 0.1) is 0 Å². The summed E-state index contributed by atoms with van der Waals surface area (Å²) in [5.74, 6) is 0. The average molecular weight is 244 g/mol. The number of hydrogen-bond acceptors (Lipinski definition) is 5. The fraction of sp³-hybridized carbons (Fsp3) is 0. The van der Waals surface area contributed by atoms with Gasteiger partial charge in [-0.15, -0.1) is 0 Å². The number of rotatable bonds is 6. The molecule has 0 amide bonds. The molecule has 2 aromatic carbocycles. The van der Waals surface area contributed by atoms with Crippen molar-refractivity contribution in [3.05, 3.63) is 60.7 Å². The Bertz CT molecular complexity index is 412. The van der Waals surface area contributed by atoms with Gasteiger partial charge in [-0.25, -0.2) is 0 Å². The van der Waals surface area contributed by atoms with E-state index < -0.39 is 7.32 Å². The lowest BCUT2D eigenvalue weighted by atomic mass is 10.3. The van der Waals surface area contributed by atoms with Crippen LogP contribution in [0.2, 0.25) is 0 Å². The molecule has 0 saturated carbocycles. The van der Waals surface area contributed by atoms with Crippen LogP contribution in [-0.2, 0) is 9.51 Å². The van der Waals surface area contributed by atoms with Crippen LogP contribution in [0.1, 0.15) is 0 Å². The van der Waals surface area contributed by atoms with Gasteiger partial charge in [-0.3, -0.25) is 20.5 Å². The SMILES string of the molecule is OB(ONc1ccccc1)ONc1ccccc1. The summed E-state index contributed by atoms with van der Waals surface area (Å²) in [6.07, 6.45) is 0. The molecule has 0 atom stereocenters. The summed E-state index contributed by atoms with van der Waals surface area (Å²) in [6, 6.07) is 18.4. The molecule has 0 bridgehead atoms. The Hall–Kier alpha value is -2.02. The third-order valence-corrected chi connectivity index (χ3v) is 2.10. The molecule has 0 saturated heterocycles. The lowest BCUT2D eigenvalue weighted by Crippen LogP contribution is -2.28. The van der Waals surface area contributed by atoms with E-state index in [4.69, 9.17) is 9.51 Å². The Morgan fingerprint density at radius 2 is 1.11 bits per heavy atom. The van der Waals surface area contributed by atoms with Crippen molar-refractivity contribution in [2.24, 2.45) is 0 Å². The molecule has 6 heteroatoms. The molecule has 0 heterocycles. The molecule has 2 rings (SSSR count). The summed E-state index contributed by atoms with van der Waals surface area (Å²) < 4.78 is 9.74. The largest absolute Gasteiger partial charge is 0.682 e. The Labute approximate surface area is 105 Å². The number of para-hydroxylation sites is 2. The van der Waals surface area contributed by atoms with Crippen LogP contribution in [0.3, 0.4) is 0 Å². The normalized spacial score (nSPS) is 9.83. The lowest BCUT2D eigenvalue weighted by Gasteiger charge is -2.11. The zero-order chi connectivity index (χ0) is 12.6. The third kappa shape index (κ3) is 4.10. The smallest absolute Gasteiger partial charge is 0.399 e. The van der Waals surface area contributed by atoms with E-state index in [1.165, 1.54) is 0 Å². The predicted molar refractivity (Wildman–Crippen MR) is 70.3 cm³/mol. The predicted octanol–water partition coefficient (Wildman–Crippen LogP) is 2.05. The summed E-state index contributed by atoms with van der Waals surface area (Å²) in [6.45, 7) is 0. The molecule has 18 heavy (non-hydrogen) atoms. The van der Waals surface area contributed by atoms with E-state index in [2.05, 4.69) is 11.0 Å². The van der Waals surface area contributed by atoms with E-state index in [9.17, 15) is 5.02 Å². The third-order valence-electron chi connectivity index (χ3n) is 2.10. The van der Waals surface area contributed by atoms with Crippen LogP contribution in [0.4, 0.5) is 11.4 Å². The number of nitrogens with one attached hydrogen (secondary N) is 2. The molecule has 0 spiro atoms. The van der Waals surface area contributed by atoms with Gasteiger partial charge in [-0.2, -0.15) is 0 Å². The van der Waals surface area contributed by atoms with E-state index in [1.807, 2.05) is 36.4 Å². The minimum atomic E-state index is -1.43. The minimum absolute atomic E-state index is 0.722. The van der Waals surface area contributed by atoms with Crippen molar-refractivity contribution in [1.82, 2.24) is 0 Å². The zero-order valence-corrected chi connectivity index (χ0v) is 9.61. The van der Waals surface area contributed by atoms with Gasteiger partial charge in [0.25, 0.3) is 0 Å². The molecule has 3 N–H and O–H groups in total. The van der Waals surface area contributed by atoms with Crippen molar-refractivity contribution >= 4 is 18.7 Å². The van der Waals surface area contributed by atoms with Gasteiger partial charge in [0, 0.05) is 0 Å². The topological polar surface area (TPSA) is 62.8 Å². The maximum atomic E-state index is 9.40. The zero-order valence-electron chi connectivity index (χ0n) is 9.61. The first-order chi connectivity index (χ1) is 8.84. The van der Waals surface area contributed by atoms with E-state index in [0.717, 1.165) is 11.4 Å². The highest BCUT2D eigenvalue weighted by atomic mass is 16.8. The van der Waals surface area contributed by atoms with Crippen molar-refractivity contribution < 1.29 is 14.5 Å². The first-order valence-corrected chi connectivity index (χ1v) is 5.46. The minimum Gasteiger partial charge on any atom is -0.399 e. The number of hydrogen-bond donors (Lipinski definition) is 3. The van der Waals surface area contributed by atoms with Gasteiger partial charge < -0.3 is 5.02 Å². The molecule has 0 aliphatic heterocycles. The van der Waals surface area contributed by atoms with Crippen LogP contribution in [0.25, 0.3) is 0 Å². The molecule has 0 aliphatic carbocycles. The molecule has 0 unspecified atom stereocenters. The standard InChI is InChI=1S/C12H13BN2O3/c16-13(17-14-11-7-3-1-4-8-11)18-15-12-9-5-2-6-10-12/h1-10,14-16H. The maximum Gasteiger partial charge on any atom is 0.682 e. The highest BCUT2D eigenvalue weighted by Crippen LogP contribution is 2.07. The molecule has 5 nitrogen and oxygen atoms in total. The second-order valence-corrected chi connectivity index (χ2v) is 3.48. The highest BCUT2D eigenvalue weighted by Gasteiger charge is 2.16. The monoisotopic (exact) mass is 244 g/mol. The lowest BCUT2D eigenvalue weighted by molar-refractivity contribution is 0.189. The fourth-order valence-corrected chi connectivity index (χ4v) is 1.27. The quantitative estimate of drug-likeness (QED) is 0.536. The summed E-state index contributed by atoms with van der Waals surface area (Å²) in [7, 11) is -1.43. The van der Waals surface area contributed by atoms with E-state index in [0.29, 0.717) is 0 Å². The summed E-state index contributed by atoms with van der Waals surface area (Å²) in [4.78, 5) is 0. The van der Waals surface area contributed by atoms with Crippen molar-refractivity contribution in [3.8, 4) is 0 Å². The highest BCUT2D eigenvalue weighted by molar-refractivity contribution is 6.34. The van der Waals surface area contributed by atoms with Crippen LogP contribution < -0.4 is 11.0 Å². The molecular formula is C12H13BN2O3. The van der Waals surface area contributed by atoms with Gasteiger partial charge in [0.15, 0.2) is 0 Å². The second-order valence-electron chi connectivity index (χ2n) is 3.48. The summed E-state index contributed by atoms with van der Waals surface area (Å²) >= 11 is 0. The Morgan fingerprint density at radius 3 is 1.50 bits per heavy atom. The average Bonchev–Trinajstić information content (AvgIpc) is 2.45. The molecule has 2 aromatic rings. The van der Waals surface area contributed by atoms with Gasteiger partial charge in [0.05, 0.1) is 11.4 Å². The summed E-state index contributed by atoms with van der Waals surface area (Å²) in [5, 5.41) is 9.40. The van der Waals surface area contributed by atoms with Crippen LogP contribution in [0.15, 0.2) is 60.7 Å². The molecule has 0 aromatic heterocycles. The number of benzene rings is 2. The van der Waals surface area contributed by atoms with Gasteiger partial charge in [0.2, 0.25) is 0 Å². The van der Waals surface area contributed by atoms with Crippen LogP contribution in [-0.4, -0.2) is 12.3 Å². The van der Waals surface area contributed by atoms with Crippen molar-refractivity contribution in [3.63, 3.8) is 0 Å². The molecule has 92 valence electrons. The van der Waals surface area contributed by atoms with Gasteiger partial charge in [0.1, 0.15) is 0 Å². The van der Waals surface area contributed by atoms with Gasteiger partial charge in [-0.05, 0) is 24.3 Å². The molecule has 0 radical (unpaired) electrons. The molecule has 0 fully saturated rings. The van der Waals surface area contributed by atoms with Crippen LogP contribution in [0.5, 0.6) is 0 Å². The Morgan fingerprint density at radius 1 is 0.722 bits per heavy atom. The Balaban J connectivity index is 1.71. The maximum absolute atomic E-state index is 9.40. The molecular weight excluding hydrogens is 231 g/mol. The van der Waals surface area contributed by atoms with Crippen LogP contribution >= 0.6 is 0 Å². The molecule has 0 aliphatic rings. The summed E-state index contributed by atoms with van der Waals surface area (Å²) in [5.41, 5.74) is 6.58. The van der Waals surface area contributed by atoms with Crippen molar-refractivity contribution in [2.45, 2.75) is 0 Å². The van der Waals surface area contributed by atoms with Gasteiger partial charge >= 0.3 is 7.32 Å². The van der Waals surface area contributed by atoms with Gasteiger partial charge in [-0.1, -0.05) is 36.4 Å². The Kier molecular flexibility index (Phi) is 4.60. The number of anilines is 2. The van der Waals surface area contributed by atoms with E-state index in [-0.39, 0.29) is 0 Å². The van der Waals surface area contributed by atoms with E-state index >= 15 is 0 Å². The van der Waals surface area contributed by atoms with E-state index in [1.54, 1.807) is 24.3 Å².